The summed E-state index contributed by atoms with van der Waals surface area (Å²) in [5.74, 6) is 0.154. The predicted octanol–water partition coefficient (Wildman–Crippen LogP) is 2.19. The third kappa shape index (κ3) is 7.30. The average molecular weight is 512 g/mol. The van der Waals surface area contributed by atoms with E-state index in [0.717, 1.165) is 44.4 Å². The number of rotatable bonds is 7. The van der Waals surface area contributed by atoms with E-state index in [-0.39, 0.29) is 35.7 Å². The number of nitrogens with two attached hydrogens (primary N) is 2. The summed E-state index contributed by atoms with van der Waals surface area (Å²) in [4.78, 5) is 16.7. The Kier molecular flexibility index (Phi) is 9.13. The maximum absolute atomic E-state index is 12.9. The molecule has 2 aliphatic rings. The molecule has 0 aliphatic carbocycles. The first-order chi connectivity index (χ1) is 17.0. The fraction of sp³-hybridized carbons (Fsp3) is 0.560. The van der Waals surface area contributed by atoms with Gasteiger partial charge in [0.25, 0.3) is 0 Å². The molecule has 8 nitrogen and oxygen atoms in total. The maximum Gasteiger partial charge on any atom is 0.416 e. The summed E-state index contributed by atoms with van der Waals surface area (Å²) in [6.07, 6.45) is 0.455. The molecule has 36 heavy (non-hydrogen) atoms. The Bertz CT molecular complexity index is 988. The zero-order valence-electron chi connectivity index (χ0n) is 20.5. The molecule has 1 amide bonds. The van der Waals surface area contributed by atoms with Crippen LogP contribution in [0.5, 0.6) is 5.75 Å². The fourth-order valence-electron chi connectivity index (χ4n) is 4.71. The Hall–Kier alpha value is -2.92. The summed E-state index contributed by atoms with van der Waals surface area (Å²) in [6, 6.07) is 2.67. The van der Waals surface area contributed by atoms with Crippen LogP contribution in [-0.2, 0) is 11.0 Å². The summed E-state index contributed by atoms with van der Waals surface area (Å²) in [5.41, 5.74) is 12.0. The molecular formula is C25H36F3N5O3. The SMILES string of the molecule is CC(/C=C(\N)NC1CCCN(CC(=O)N2CCC(CO)CC2)C1)=C(/N)c1ccc(C(F)(F)F)cc1O. The lowest BCUT2D eigenvalue weighted by Crippen LogP contribution is -2.50. The molecule has 3 rings (SSSR count). The van der Waals surface area contributed by atoms with Crippen molar-refractivity contribution in [3.8, 4) is 5.75 Å². The van der Waals surface area contributed by atoms with Gasteiger partial charge < -0.3 is 31.9 Å². The van der Waals surface area contributed by atoms with Crippen LogP contribution in [0.25, 0.3) is 5.70 Å². The maximum atomic E-state index is 12.9. The third-order valence-electron chi connectivity index (χ3n) is 6.87. The first-order valence-electron chi connectivity index (χ1n) is 12.2. The molecule has 0 radical (unpaired) electrons. The van der Waals surface area contributed by atoms with Gasteiger partial charge in [0.2, 0.25) is 5.91 Å². The molecule has 2 heterocycles. The standard InChI is InChI=1S/C25H36F3N5O3/c1-16(24(30)20-5-4-18(12-21(20)35)25(26,27)28)11-22(29)31-19-3-2-8-32(13-19)14-23(36)33-9-6-17(15-34)7-10-33/h4-5,11-12,17,19,31,34-35H,2-3,6-10,13-15,29-30H2,1H3/b22-11+,24-16-. The number of carbonyl (C=O) groups is 1. The quantitative estimate of drug-likeness (QED) is 0.355. The molecule has 0 aromatic heterocycles. The second kappa shape index (κ2) is 11.9. The van der Waals surface area contributed by atoms with E-state index in [0.29, 0.717) is 43.6 Å². The number of allylic oxidation sites excluding steroid dienone is 2. The molecule has 0 spiro atoms. The number of carbonyl (C=O) groups excluding carboxylic acids is 1. The van der Waals surface area contributed by atoms with Gasteiger partial charge in [0.05, 0.1) is 17.9 Å². The molecule has 1 aromatic rings. The molecule has 2 aliphatic heterocycles. The predicted molar refractivity (Wildman–Crippen MR) is 131 cm³/mol. The van der Waals surface area contributed by atoms with Crippen LogP contribution in [0.4, 0.5) is 13.2 Å². The van der Waals surface area contributed by atoms with E-state index in [9.17, 15) is 28.2 Å². The minimum atomic E-state index is -4.56. The van der Waals surface area contributed by atoms with Gasteiger partial charge in [-0.15, -0.1) is 0 Å². The second-order valence-corrected chi connectivity index (χ2v) is 9.65. The van der Waals surface area contributed by atoms with Crippen molar-refractivity contribution in [2.45, 2.75) is 44.8 Å². The monoisotopic (exact) mass is 511 g/mol. The van der Waals surface area contributed by atoms with Crippen LogP contribution >= 0.6 is 0 Å². The summed E-state index contributed by atoms with van der Waals surface area (Å²) in [5, 5.41) is 22.6. The molecular weight excluding hydrogens is 475 g/mol. The molecule has 0 bridgehead atoms. The Morgan fingerprint density at radius 1 is 1.19 bits per heavy atom. The number of benzene rings is 1. The number of aliphatic hydroxyl groups excluding tert-OH is 1. The van der Waals surface area contributed by atoms with Gasteiger partial charge in [-0.25, -0.2) is 0 Å². The van der Waals surface area contributed by atoms with Crippen LogP contribution in [0.15, 0.2) is 35.7 Å². The van der Waals surface area contributed by atoms with Crippen molar-refractivity contribution < 1.29 is 28.2 Å². The Balaban J connectivity index is 1.58. The number of halogens is 3. The number of piperidine rings is 2. The highest BCUT2D eigenvalue weighted by molar-refractivity contribution is 5.78. The minimum Gasteiger partial charge on any atom is -0.507 e. The molecule has 2 saturated heterocycles. The van der Waals surface area contributed by atoms with Crippen molar-refractivity contribution in [3.63, 3.8) is 0 Å². The van der Waals surface area contributed by atoms with Crippen LogP contribution in [0.1, 0.15) is 43.7 Å². The van der Waals surface area contributed by atoms with Crippen molar-refractivity contribution in [2.24, 2.45) is 17.4 Å². The van der Waals surface area contributed by atoms with Crippen molar-refractivity contribution in [2.75, 3.05) is 39.3 Å². The van der Waals surface area contributed by atoms with E-state index in [1.54, 1.807) is 13.0 Å². The van der Waals surface area contributed by atoms with Gasteiger partial charge in [0.15, 0.2) is 0 Å². The lowest BCUT2D eigenvalue weighted by atomic mass is 9.98. The number of amides is 1. The van der Waals surface area contributed by atoms with E-state index in [1.807, 2.05) is 4.90 Å². The summed E-state index contributed by atoms with van der Waals surface area (Å²) in [6.45, 7) is 4.98. The van der Waals surface area contributed by atoms with Gasteiger partial charge in [0, 0.05) is 43.5 Å². The number of hydrogen-bond donors (Lipinski definition) is 5. The Morgan fingerprint density at radius 3 is 2.50 bits per heavy atom. The zero-order valence-corrected chi connectivity index (χ0v) is 20.5. The largest absolute Gasteiger partial charge is 0.507 e. The summed E-state index contributed by atoms with van der Waals surface area (Å²) >= 11 is 0. The number of phenolic OH excluding ortho intramolecular Hbond substituents is 1. The summed E-state index contributed by atoms with van der Waals surface area (Å²) < 4.78 is 38.6. The number of aliphatic hydroxyl groups is 1. The zero-order chi connectivity index (χ0) is 26.5. The highest BCUT2D eigenvalue weighted by Crippen LogP contribution is 2.34. The molecule has 1 atom stereocenters. The molecule has 1 aromatic carbocycles. The number of likely N-dealkylation sites (tertiary alicyclic amines) is 2. The number of nitrogens with zero attached hydrogens (tertiary/aromatic N) is 2. The van der Waals surface area contributed by atoms with Gasteiger partial charge in [-0.05, 0) is 74.9 Å². The van der Waals surface area contributed by atoms with Crippen LogP contribution < -0.4 is 16.8 Å². The van der Waals surface area contributed by atoms with Gasteiger partial charge >= 0.3 is 6.18 Å². The molecule has 0 saturated carbocycles. The highest BCUT2D eigenvalue weighted by atomic mass is 19.4. The number of aromatic hydroxyl groups is 1. The Labute approximate surface area is 209 Å². The van der Waals surface area contributed by atoms with Gasteiger partial charge in [0.1, 0.15) is 5.75 Å². The number of hydrogen-bond acceptors (Lipinski definition) is 7. The van der Waals surface area contributed by atoms with E-state index >= 15 is 0 Å². The van der Waals surface area contributed by atoms with Crippen molar-refractivity contribution in [1.29, 1.82) is 0 Å². The fourth-order valence-corrected chi connectivity index (χ4v) is 4.71. The molecule has 200 valence electrons. The van der Waals surface area contributed by atoms with E-state index < -0.39 is 17.5 Å². The van der Waals surface area contributed by atoms with E-state index in [4.69, 9.17) is 11.5 Å². The Morgan fingerprint density at radius 2 is 1.89 bits per heavy atom. The highest BCUT2D eigenvalue weighted by Gasteiger charge is 2.31. The first-order valence-corrected chi connectivity index (χ1v) is 12.2. The van der Waals surface area contributed by atoms with Crippen molar-refractivity contribution in [1.82, 2.24) is 15.1 Å². The smallest absolute Gasteiger partial charge is 0.416 e. The first kappa shape index (κ1) is 27.7. The minimum absolute atomic E-state index is 0.0245. The van der Waals surface area contributed by atoms with Gasteiger partial charge in [-0.2, -0.15) is 13.2 Å². The molecule has 11 heteroatoms. The van der Waals surface area contributed by atoms with E-state index in [2.05, 4.69) is 10.2 Å². The normalized spacial score (nSPS) is 21.3. The van der Waals surface area contributed by atoms with Gasteiger partial charge in [-0.1, -0.05) is 0 Å². The molecule has 1 unspecified atom stereocenters. The van der Waals surface area contributed by atoms with Gasteiger partial charge in [-0.3, -0.25) is 9.69 Å². The van der Waals surface area contributed by atoms with Crippen LogP contribution in [0.3, 0.4) is 0 Å². The third-order valence-corrected chi connectivity index (χ3v) is 6.87. The lowest BCUT2D eigenvalue weighted by molar-refractivity contribution is -0.137. The summed E-state index contributed by atoms with van der Waals surface area (Å²) in [7, 11) is 0. The second-order valence-electron chi connectivity index (χ2n) is 9.65. The van der Waals surface area contributed by atoms with E-state index in [1.165, 1.54) is 0 Å². The van der Waals surface area contributed by atoms with Crippen LogP contribution in [0, 0.1) is 5.92 Å². The topological polar surface area (TPSA) is 128 Å². The van der Waals surface area contributed by atoms with Crippen LogP contribution in [-0.4, -0.2) is 71.3 Å². The molecule has 7 N–H and O–H groups in total. The number of alkyl halides is 3. The van der Waals surface area contributed by atoms with Crippen molar-refractivity contribution in [3.05, 3.63) is 46.8 Å². The number of phenols is 1. The molecule has 2 fully saturated rings. The van der Waals surface area contributed by atoms with Crippen molar-refractivity contribution >= 4 is 11.6 Å². The number of nitrogens with one attached hydrogen (secondary N) is 1. The average Bonchev–Trinajstić information content (AvgIpc) is 2.83. The van der Waals surface area contributed by atoms with Crippen LogP contribution in [0.2, 0.25) is 0 Å². The lowest BCUT2D eigenvalue weighted by Gasteiger charge is -2.36.